The summed E-state index contributed by atoms with van der Waals surface area (Å²) in [5.74, 6) is 0. The van der Waals surface area contributed by atoms with Crippen molar-refractivity contribution >= 4 is 0 Å². The average molecular weight is 373 g/mol. The van der Waals surface area contributed by atoms with E-state index >= 15 is 0 Å². The third-order valence-electron chi connectivity index (χ3n) is 6.32. The summed E-state index contributed by atoms with van der Waals surface area (Å²) in [6, 6.07) is 0. The second-order valence-electron chi connectivity index (χ2n) is 11.1. The number of ether oxygens (including phenoxy) is 3. The summed E-state index contributed by atoms with van der Waals surface area (Å²) in [5, 5.41) is 0. The summed E-state index contributed by atoms with van der Waals surface area (Å²) in [4.78, 5) is 0. The third kappa shape index (κ3) is 7.86. The minimum absolute atomic E-state index is 0.0199. The molecular formula is C23H48O3. The first-order valence-corrected chi connectivity index (χ1v) is 10.3. The van der Waals surface area contributed by atoms with Gasteiger partial charge >= 0.3 is 0 Å². The predicted molar refractivity (Wildman–Crippen MR) is 113 cm³/mol. The van der Waals surface area contributed by atoms with Crippen molar-refractivity contribution in [2.75, 3.05) is 13.2 Å². The Kier molecular flexibility index (Phi) is 8.88. The maximum Gasteiger partial charge on any atom is 0.0681 e. The Morgan fingerprint density at radius 3 is 1.62 bits per heavy atom. The van der Waals surface area contributed by atoms with E-state index in [0.29, 0.717) is 0 Å². The van der Waals surface area contributed by atoms with Crippen LogP contribution in [-0.2, 0) is 14.2 Å². The van der Waals surface area contributed by atoms with E-state index in [0.717, 1.165) is 26.1 Å². The summed E-state index contributed by atoms with van der Waals surface area (Å²) < 4.78 is 18.5. The SMILES string of the molecule is CCOC(C)(C)C(C)(C)CC(C)OC(C)(C)C(C)(C)CCOC(C)(C)C. The molecule has 1 atom stereocenters. The Hall–Kier alpha value is -0.120. The molecule has 0 fully saturated rings. The lowest BCUT2D eigenvalue weighted by atomic mass is 9.72. The maximum absolute atomic E-state index is 6.58. The zero-order valence-electron chi connectivity index (χ0n) is 20.1. The first kappa shape index (κ1) is 25.9. The second-order valence-corrected chi connectivity index (χ2v) is 11.1. The molecule has 0 N–H and O–H groups in total. The lowest BCUT2D eigenvalue weighted by Gasteiger charge is -2.47. The number of hydrogen-bond donors (Lipinski definition) is 0. The molecule has 0 spiro atoms. The van der Waals surface area contributed by atoms with E-state index in [9.17, 15) is 0 Å². The second kappa shape index (κ2) is 8.92. The van der Waals surface area contributed by atoms with Crippen LogP contribution in [0.25, 0.3) is 0 Å². The Morgan fingerprint density at radius 1 is 0.692 bits per heavy atom. The molecule has 0 rings (SSSR count). The highest BCUT2D eigenvalue weighted by Crippen LogP contribution is 2.42. The summed E-state index contributed by atoms with van der Waals surface area (Å²) in [6.07, 6.45) is 2.08. The fraction of sp³-hybridized carbons (Fsp3) is 1.00. The van der Waals surface area contributed by atoms with Crippen LogP contribution in [0.5, 0.6) is 0 Å². The highest BCUT2D eigenvalue weighted by molar-refractivity contribution is 4.92. The number of hydrogen-bond acceptors (Lipinski definition) is 3. The Balaban J connectivity index is 4.90. The fourth-order valence-corrected chi connectivity index (χ4v) is 3.14. The van der Waals surface area contributed by atoms with Crippen molar-refractivity contribution < 1.29 is 14.2 Å². The van der Waals surface area contributed by atoms with E-state index in [4.69, 9.17) is 14.2 Å². The minimum atomic E-state index is -0.237. The molecule has 0 amide bonds. The van der Waals surface area contributed by atoms with E-state index < -0.39 is 0 Å². The molecule has 26 heavy (non-hydrogen) atoms. The Labute approximate surface area is 164 Å². The van der Waals surface area contributed by atoms with Crippen molar-refractivity contribution in [2.24, 2.45) is 10.8 Å². The predicted octanol–water partition coefficient (Wildman–Crippen LogP) is 6.63. The van der Waals surface area contributed by atoms with Crippen molar-refractivity contribution in [2.45, 2.75) is 126 Å². The molecule has 158 valence electrons. The molecule has 0 saturated carbocycles. The lowest BCUT2D eigenvalue weighted by molar-refractivity contribution is -0.166. The molecule has 0 bridgehead atoms. The topological polar surface area (TPSA) is 27.7 Å². The van der Waals surface area contributed by atoms with Gasteiger partial charge in [-0.3, -0.25) is 0 Å². The molecule has 0 aromatic heterocycles. The van der Waals surface area contributed by atoms with Crippen LogP contribution in [0.4, 0.5) is 0 Å². The van der Waals surface area contributed by atoms with Crippen LogP contribution in [-0.4, -0.2) is 36.1 Å². The lowest BCUT2D eigenvalue weighted by Crippen LogP contribution is -2.48. The first-order valence-electron chi connectivity index (χ1n) is 10.3. The molecule has 0 aliphatic rings. The van der Waals surface area contributed by atoms with Gasteiger partial charge < -0.3 is 14.2 Å². The minimum Gasteiger partial charge on any atom is -0.376 e. The molecule has 0 saturated heterocycles. The number of rotatable bonds is 11. The molecule has 1 unspecified atom stereocenters. The molecule has 0 aliphatic heterocycles. The van der Waals surface area contributed by atoms with Gasteiger partial charge in [-0.1, -0.05) is 27.7 Å². The average Bonchev–Trinajstić information content (AvgIpc) is 2.34. The van der Waals surface area contributed by atoms with Gasteiger partial charge in [-0.2, -0.15) is 0 Å². The van der Waals surface area contributed by atoms with Gasteiger partial charge in [-0.15, -0.1) is 0 Å². The quantitative estimate of drug-likeness (QED) is 0.407. The summed E-state index contributed by atoms with van der Waals surface area (Å²) in [6.45, 7) is 29.9. The van der Waals surface area contributed by atoms with Crippen LogP contribution < -0.4 is 0 Å². The van der Waals surface area contributed by atoms with Crippen LogP contribution in [0.2, 0.25) is 0 Å². The van der Waals surface area contributed by atoms with Crippen LogP contribution in [0.15, 0.2) is 0 Å². The molecule has 0 radical (unpaired) electrons. The van der Waals surface area contributed by atoms with E-state index in [1.54, 1.807) is 0 Å². The van der Waals surface area contributed by atoms with Crippen LogP contribution in [0.1, 0.15) is 103 Å². The van der Waals surface area contributed by atoms with Crippen LogP contribution >= 0.6 is 0 Å². The zero-order chi connectivity index (χ0) is 21.0. The molecule has 0 aliphatic carbocycles. The molecular weight excluding hydrogens is 324 g/mol. The van der Waals surface area contributed by atoms with Gasteiger partial charge in [0, 0.05) is 13.2 Å². The molecule has 3 heteroatoms. The fourth-order valence-electron chi connectivity index (χ4n) is 3.14. The van der Waals surface area contributed by atoms with Gasteiger partial charge in [-0.25, -0.2) is 0 Å². The van der Waals surface area contributed by atoms with Gasteiger partial charge in [-0.05, 0) is 86.0 Å². The highest BCUT2D eigenvalue weighted by Gasteiger charge is 2.43. The van der Waals surface area contributed by atoms with Crippen molar-refractivity contribution in [1.29, 1.82) is 0 Å². The summed E-state index contributed by atoms with van der Waals surface area (Å²) in [7, 11) is 0. The van der Waals surface area contributed by atoms with E-state index in [-0.39, 0.29) is 33.7 Å². The van der Waals surface area contributed by atoms with Crippen molar-refractivity contribution in [1.82, 2.24) is 0 Å². The standard InChI is InChI=1S/C23H48O3/c1-14-24-22(10,11)21(8,9)17-18(2)26-23(12,13)20(6,7)15-16-25-19(3,4)5/h18H,14-17H2,1-13H3. The van der Waals surface area contributed by atoms with Crippen molar-refractivity contribution in [3.05, 3.63) is 0 Å². The van der Waals surface area contributed by atoms with Crippen LogP contribution in [0, 0.1) is 10.8 Å². The summed E-state index contributed by atoms with van der Waals surface area (Å²) in [5.41, 5.74) is -0.466. The summed E-state index contributed by atoms with van der Waals surface area (Å²) >= 11 is 0. The first-order chi connectivity index (χ1) is 11.4. The molecule has 0 aromatic carbocycles. The molecule has 0 heterocycles. The molecule has 3 nitrogen and oxygen atoms in total. The van der Waals surface area contributed by atoms with Gasteiger partial charge in [0.05, 0.1) is 22.9 Å². The van der Waals surface area contributed by atoms with Crippen molar-refractivity contribution in [3.8, 4) is 0 Å². The smallest absolute Gasteiger partial charge is 0.0681 e. The van der Waals surface area contributed by atoms with Crippen molar-refractivity contribution in [3.63, 3.8) is 0 Å². The van der Waals surface area contributed by atoms with Gasteiger partial charge in [0.15, 0.2) is 0 Å². The van der Waals surface area contributed by atoms with E-state index in [1.807, 2.05) is 0 Å². The largest absolute Gasteiger partial charge is 0.376 e. The monoisotopic (exact) mass is 372 g/mol. The van der Waals surface area contributed by atoms with Gasteiger partial charge in [0.25, 0.3) is 0 Å². The van der Waals surface area contributed by atoms with Gasteiger partial charge in [0.2, 0.25) is 0 Å². The van der Waals surface area contributed by atoms with Gasteiger partial charge in [0.1, 0.15) is 0 Å². The Morgan fingerprint density at radius 2 is 1.19 bits per heavy atom. The Bertz CT molecular complexity index is 414. The molecule has 0 aromatic rings. The van der Waals surface area contributed by atoms with E-state index in [2.05, 4.69) is 90.0 Å². The van der Waals surface area contributed by atoms with Crippen LogP contribution in [0.3, 0.4) is 0 Å². The van der Waals surface area contributed by atoms with E-state index in [1.165, 1.54) is 0 Å². The maximum atomic E-state index is 6.58. The third-order valence-corrected chi connectivity index (χ3v) is 6.32. The zero-order valence-corrected chi connectivity index (χ0v) is 20.1. The normalized spacial score (nSPS) is 16.0. The highest BCUT2D eigenvalue weighted by atomic mass is 16.5.